The summed E-state index contributed by atoms with van der Waals surface area (Å²) in [5.41, 5.74) is 8.21. The number of rotatable bonds is 4. The van der Waals surface area contributed by atoms with Gasteiger partial charge >= 0.3 is 0 Å². The molecule has 0 radical (unpaired) electrons. The van der Waals surface area contributed by atoms with Crippen molar-refractivity contribution in [3.63, 3.8) is 0 Å². The van der Waals surface area contributed by atoms with Gasteiger partial charge in [-0.3, -0.25) is 0 Å². The maximum atomic E-state index is 5.87. The second kappa shape index (κ2) is 5.07. The first kappa shape index (κ1) is 10.3. The Bertz CT molecular complexity index is 286. The summed E-state index contributed by atoms with van der Waals surface area (Å²) in [6, 6.07) is 1.99. The lowest BCUT2D eigenvalue weighted by atomic mass is 10.1. The zero-order chi connectivity index (χ0) is 9.68. The molecule has 1 rings (SSSR count). The number of thiophene rings is 1. The van der Waals surface area contributed by atoms with E-state index in [0.717, 1.165) is 18.5 Å². The summed E-state index contributed by atoms with van der Waals surface area (Å²) in [4.78, 5) is 1.27. The Labute approximate surface area is 84.3 Å². The molecule has 1 nitrogen and oxygen atoms in total. The van der Waals surface area contributed by atoms with Gasteiger partial charge in [-0.25, -0.2) is 0 Å². The topological polar surface area (TPSA) is 26.0 Å². The molecule has 0 bridgehead atoms. The third-order valence-corrected chi connectivity index (χ3v) is 2.96. The maximum absolute atomic E-state index is 5.87. The maximum Gasteiger partial charge on any atom is 0.0528 e. The second-order valence-electron chi connectivity index (χ2n) is 3.09. The molecule has 1 heterocycles. The van der Waals surface area contributed by atoms with Crippen LogP contribution < -0.4 is 5.73 Å². The summed E-state index contributed by atoms with van der Waals surface area (Å²) in [6.45, 7) is 4.37. The van der Waals surface area contributed by atoms with Crippen molar-refractivity contribution in [3.8, 4) is 0 Å². The lowest BCUT2D eigenvalue weighted by Gasteiger charge is -2.04. The standard InChI is InChI=1S/C11H17NS/c1-3-5-9(6-4-2)11-10(12)7-8-13-11/h5,7-8H,3-4,6,12H2,1-2H3. The monoisotopic (exact) mass is 195 g/mol. The molecule has 0 aliphatic rings. The number of nitrogens with two attached hydrogens (primary N) is 1. The Balaban J connectivity index is 2.88. The minimum absolute atomic E-state index is 0.929. The molecule has 0 saturated heterocycles. The van der Waals surface area contributed by atoms with Crippen molar-refractivity contribution in [1.29, 1.82) is 0 Å². The van der Waals surface area contributed by atoms with E-state index in [0.29, 0.717) is 0 Å². The molecule has 0 aliphatic carbocycles. The molecule has 0 spiro atoms. The van der Waals surface area contributed by atoms with E-state index in [2.05, 4.69) is 25.3 Å². The van der Waals surface area contributed by atoms with Gasteiger partial charge in [-0.2, -0.15) is 0 Å². The predicted molar refractivity (Wildman–Crippen MR) is 61.9 cm³/mol. The first-order chi connectivity index (χ1) is 6.29. The lowest BCUT2D eigenvalue weighted by Crippen LogP contribution is -1.88. The first-order valence-electron chi connectivity index (χ1n) is 4.82. The Kier molecular flexibility index (Phi) is 4.03. The van der Waals surface area contributed by atoms with Gasteiger partial charge in [0.1, 0.15) is 0 Å². The van der Waals surface area contributed by atoms with Gasteiger partial charge in [-0.05, 0) is 29.9 Å². The van der Waals surface area contributed by atoms with Crippen LogP contribution in [0.5, 0.6) is 0 Å². The molecule has 0 saturated carbocycles. The largest absolute Gasteiger partial charge is 0.398 e. The van der Waals surface area contributed by atoms with Gasteiger partial charge in [0.15, 0.2) is 0 Å². The predicted octanol–water partition coefficient (Wildman–Crippen LogP) is 3.92. The van der Waals surface area contributed by atoms with Crippen molar-refractivity contribution in [3.05, 3.63) is 22.4 Å². The molecular formula is C11H17NS. The molecule has 1 aromatic heterocycles. The highest BCUT2D eigenvalue weighted by molar-refractivity contribution is 7.11. The fraction of sp³-hybridized carbons (Fsp3) is 0.455. The van der Waals surface area contributed by atoms with E-state index < -0.39 is 0 Å². The van der Waals surface area contributed by atoms with Crippen LogP contribution in [0.4, 0.5) is 5.69 Å². The van der Waals surface area contributed by atoms with Crippen LogP contribution in [0.25, 0.3) is 5.57 Å². The molecule has 0 unspecified atom stereocenters. The van der Waals surface area contributed by atoms with E-state index in [1.54, 1.807) is 11.3 Å². The summed E-state index contributed by atoms with van der Waals surface area (Å²) in [5, 5.41) is 2.06. The summed E-state index contributed by atoms with van der Waals surface area (Å²) in [5.74, 6) is 0. The average Bonchev–Trinajstić information content (AvgIpc) is 2.51. The van der Waals surface area contributed by atoms with Crippen molar-refractivity contribution in [1.82, 2.24) is 0 Å². The number of allylic oxidation sites excluding steroid dienone is 2. The van der Waals surface area contributed by atoms with E-state index in [1.807, 2.05) is 6.07 Å². The zero-order valence-corrected chi connectivity index (χ0v) is 9.16. The van der Waals surface area contributed by atoms with Crippen molar-refractivity contribution >= 4 is 22.6 Å². The van der Waals surface area contributed by atoms with Crippen molar-refractivity contribution < 1.29 is 0 Å². The number of hydrogen-bond donors (Lipinski definition) is 1. The minimum atomic E-state index is 0.929. The molecule has 0 aromatic carbocycles. The highest BCUT2D eigenvalue weighted by Gasteiger charge is 2.05. The molecule has 72 valence electrons. The van der Waals surface area contributed by atoms with Gasteiger partial charge in [0.2, 0.25) is 0 Å². The molecule has 2 N–H and O–H groups in total. The molecule has 0 fully saturated rings. The zero-order valence-electron chi connectivity index (χ0n) is 8.34. The van der Waals surface area contributed by atoms with E-state index in [-0.39, 0.29) is 0 Å². The summed E-state index contributed by atoms with van der Waals surface area (Å²) in [7, 11) is 0. The van der Waals surface area contributed by atoms with Crippen LogP contribution in [0.3, 0.4) is 0 Å². The first-order valence-corrected chi connectivity index (χ1v) is 5.69. The van der Waals surface area contributed by atoms with Gasteiger partial charge in [0.25, 0.3) is 0 Å². The lowest BCUT2D eigenvalue weighted by molar-refractivity contribution is 0.970. The van der Waals surface area contributed by atoms with Gasteiger partial charge in [0.05, 0.1) is 4.88 Å². The molecule has 1 aromatic rings. The van der Waals surface area contributed by atoms with Crippen molar-refractivity contribution in [2.75, 3.05) is 5.73 Å². The fourth-order valence-corrected chi connectivity index (χ4v) is 2.30. The highest BCUT2D eigenvalue weighted by atomic mass is 32.1. The Hall–Kier alpha value is -0.760. The quantitative estimate of drug-likeness (QED) is 0.774. The average molecular weight is 195 g/mol. The van der Waals surface area contributed by atoms with E-state index in [1.165, 1.54) is 16.9 Å². The Morgan fingerprint density at radius 3 is 2.77 bits per heavy atom. The number of nitrogen functional groups attached to an aromatic ring is 1. The molecule has 13 heavy (non-hydrogen) atoms. The van der Waals surface area contributed by atoms with Gasteiger partial charge in [0, 0.05) is 5.69 Å². The van der Waals surface area contributed by atoms with Crippen LogP contribution in [-0.4, -0.2) is 0 Å². The molecule has 0 amide bonds. The third kappa shape index (κ3) is 2.59. The Morgan fingerprint density at radius 2 is 2.31 bits per heavy atom. The summed E-state index contributed by atoms with van der Waals surface area (Å²) in [6.07, 6.45) is 5.69. The van der Waals surface area contributed by atoms with Crippen LogP contribution in [0.15, 0.2) is 17.5 Å². The van der Waals surface area contributed by atoms with Crippen molar-refractivity contribution in [2.24, 2.45) is 0 Å². The number of anilines is 1. The SMILES string of the molecule is CCC=C(CCC)c1sccc1N. The van der Waals surface area contributed by atoms with Gasteiger partial charge in [-0.1, -0.05) is 26.3 Å². The smallest absolute Gasteiger partial charge is 0.0528 e. The van der Waals surface area contributed by atoms with Crippen LogP contribution in [-0.2, 0) is 0 Å². The van der Waals surface area contributed by atoms with E-state index in [4.69, 9.17) is 5.73 Å². The van der Waals surface area contributed by atoms with Crippen LogP contribution in [0.1, 0.15) is 38.0 Å². The van der Waals surface area contributed by atoms with Crippen LogP contribution >= 0.6 is 11.3 Å². The highest BCUT2D eigenvalue weighted by Crippen LogP contribution is 2.30. The second-order valence-corrected chi connectivity index (χ2v) is 4.01. The van der Waals surface area contributed by atoms with E-state index >= 15 is 0 Å². The minimum Gasteiger partial charge on any atom is -0.398 e. The fourth-order valence-electron chi connectivity index (χ4n) is 1.40. The molecule has 0 atom stereocenters. The molecule has 0 aliphatic heterocycles. The Morgan fingerprint density at radius 1 is 1.54 bits per heavy atom. The number of hydrogen-bond acceptors (Lipinski definition) is 2. The van der Waals surface area contributed by atoms with Crippen LogP contribution in [0, 0.1) is 0 Å². The molecule has 2 heteroatoms. The third-order valence-electron chi connectivity index (χ3n) is 1.96. The van der Waals surface area contributed by atoms with E-state index in [9.17, 15) is 0 Å². The summed E-state index contributed by atoms with van der Waals surface area (Å²) >= 11 is 1.74. The van der Waals surface area contributed by atoms with Gasteiger partial charge in [-0.15, -0.1) is 11.3 Å². The van der Waals surface area contributed by atoms with Crippen molar-refractivity contribution in [2.45, 2.75) is 33.1 Å². The summed E-state index contributed by atoms with van der Waals surface area (Å²) < 4.78 is 0. The van der Waals surface area contributed by atoms with Crippen LogP contribution in [0.2, 0.25) is 0 Å². The van der Waals surface area contributed by atoms with Gasteiger partial charge < -0.3 is 5.73 Å². The molecular weight excluding hydrogens is 178 g/mol. The normalized spacial score (nSPS) is 12.0.